The van der Waals surface area contributed by atoms with Gasteiger partial charge in [0.2, 0.25) is 0 Å². The summed E-state index contributed by atoms with van der Waals surface area (Å²) in [4.78, 5) is 25.6. The molecule has 2 N–H and O–H groups in total. The van der Waals surface area contributed by atoms with Crippen molar-refractivity contribution in [3.05, 3.63) is 87.8 Å². The van der Waals surface area contributed by atoms with Gasteiger partial charge in [-0.2, -0.15) is 13.2 Å². The Balaban J connectivity index is 1.69. The molecule has 0 saturated carbocycles. The van der Waals surface area contributed by atoms with Crippen molar-refractivity contribution in [2.75, 3.05) is 5.32 Å². The van der Waals surface area contributed by atoms with Crippen LogP contribution in [0, 0.1) is 6.92 Å². The van der Waals surface area contributed by atoms with Crippen molar-refractivity contribution in [3.8, 4) is 11.5 Å². The minimum absolute atomic E-state index is 0.362. The zero-order chi connectivity index (χ0) is 20.3. The molecule has 0 aliphatic carbocycles. The number of hydrogen-bond donors (Lipinski definition) is 2. The van der Waals surface area contributed by atoms with Crippen molar-refractivity contribution in [1.29, 1.82) is 0 Å². The molecule has 0 aliphatic heterocycles. The van der Waals surface area contributed by atoms with Gasteiger partial charge >= 0.3 is 6.18 Å². The van der Waals surface area contributed by atoms with Crippen LogP contribution in [0.25, 0.3) is 0 Å². The van der Waals surface area contributed by atoms with E-state index in [2.05, 4.69) is 5.32 Å². The number of amides is 1. The van der Waals surface area contributed by atoms with E-state index in [1.807, 2.05) is 31.2 Å². The Kier molecular flexibility index (Phi) is 5.21. The van der Waals surface area contributed by atoms with Crippen molar-refractivity contribution >= 4 is 11.6 Å². The number of alkyl halides is 3. The Labute approximate surface area is 157 Å². The number of rotatable bonds is 4. The van der Waals surface area contributed by atoms with Crippen LogP contribution in [0.2, 0.25) is 0 Å². The minimum Gasteiger partial charge on any atom is -0.457 e. The number of benzene rings is 2. The SMILES string of the molecule is Cc1ccc(Oc2ccc(NC(=O)c3ccc(C(F)(F)F)[nH]c3=O)cc2)cc1. The highest BCUT2D eigenvalue weighted by Crippen LogP contribution is 2.27. The smallest absolute Gasteiger partial charge is 0.431 e. The van der Waals surface area contributed by atoms with Gasteiger partial charge in [0, 0.05) is 5.69 Å². The third-order valence-corrected chi connectivity index (χ3v) is 3.83. The van der Waals surface area contributed by atoms with E-state index in [1.54, 1.807) is 29.2 Å². The molecule has 0 atom stereocenters. The molecule has 8 heteroatoms. The molecule has 1 amide bonds. The molecule has 3 rings (SSSR count). The van der Waals surface area contributed by atoms with Gasteiger partial charge in [-0.15, -0.1) is 0 Å². The number of carbonyl (C=O) groups excluding carboxylic acids is 1. The topological polar surface area (TPSA) is 71.2 Å². The number of H-pyrrole nitrogens is 1. The Bertz CT molecular complexity index is 1040. The van der Waals surface area contributed by atoms with Crippen molar-refractivity contribution in [2.24, 2.45) is 0 Å². The van der Waals surface area contributed by atoms with E-state index in [9.17, 15) is 22.8 Å². The maximum atomic E-state index is 12.6. The van der Waals surface area contributed by atoms with Crippen molar-refractivity contribution in [3.63, 3.8) is 0 Å². The first-order chi connectivity index (χ1) is 13.2. The van der Waals surface area contributed by atoms with Crippen molar-refractivity contribution in [1.82, 2.24) is 4.98 Å². The van der Waals surface area contributed by atoms with Crippen LogP contribution in [0.15, 0.2) is 65.5 Å². The molecule has 0 bridgehead atoms. The summed E-state index contributed by atoms with van der Waals surface area (Å²) in [5.41, 5.74) is -1.30. The van der Waals surface area contributed by atoms with Gasteiger partial charge in [-0.05, 0) is 55.5 Å². The summed E-state index contributed by atoms with van der Waals surface area (Å²) in [6, 6.07) is 15.3. The molecule has 0 fully saturated rings. The summed E-state index contributed by atoms with van der Waals surface area (Å²) in [6.45, 7) is 1.96. The molecule has 28 heavy (non-hydrogen) atoms. The van der Waals surface area contributed by atoms with E-state index in [0.29, 0.717) is 23.3 Å². The Morgan fingerprint density at radius 2 is 1.50 bits per heavy atom. The molecule has 5 nitrogen and oxygen atoms in total. The summed E-state index contributed by atoms with van der Waals surface area (Å²) in [7, 11) is 0. The zero-order valence-corrected chi connectivity index (χ0v) is 14.6. The number of pyridine rings is 1. The fourth-order valence-electron chi connectivity index (χ4n) is 2.36. The van der Waals surface area contributed by atoms with Crippen LogP contribution >= 0.6 is 0 Å². The Hall–Kier alpha value is -3.55. The zero-order valence-electron chi connectivity index (χ0n) is 14.6. The van der Waals surface area contributed by atoms with Gasteiger partial charge < -0.3 is 15.0 Å². The second-order valence-corrected chi connectivity index (χ2v) is 6.01. The fraction of sp³-hybridized carbons (Fsp3) is 0.100. The number of aromatic amines is 1. The van der Waals surface area contributed by atoms with Crippen LogP contribution in [0.4, 0.5) is 18.9 Å². The first kappa shape index (κ1) is 19.2. The maximum absolute atomic E-state index is 12.6. The van der Waals surface area contributed by atoms with Gasteiger partial charge in [0.05, 0.1) is 0 Å². The lowest BCUT2D eigenvalue weighted by Gasteiger charge is -2.09. The fourth-order valence-corrected chi connectivity index (χ4v) is 2.36. The second-order valence-electron chi connectivity index (χ2n) is 6.01. The number of anilines is 1. The van der Waals surface area contributed by atoms with Crippen LogP contribution in [0.3, 0.4) is 0 Å². The van der Waals surface area contributed by atoms with E-state index in [0.717, 1.165) is 11.6 Å². The molecule has 0 unspecified atom stereocenters. The van der Waals surface area contributed by atoms with Gasteiger partial charge in [0.15, 0.2) is 0 Å². The molecule has 0 aliphatic rings. The molecular formula is C20H15F3N2O3. The molecule has 3 aromatic rings. The van der Waals surface area contributed by atoms with Gasteiger partial charge in [0.25, 0.3) is 11.5 Å². The number of nitrogens with one attached hydrogen (secondary N) is 2. The van der Waals surface area contributed by atoms with Gasteiger partial charge in [0.1, 0.15) is 22.8 Å². The van der Waals surface area contributed by atoms with Crippen LogP contribution in [0.1, 0.15) is 21.6 Å². The molecule has 0 radical (unpaired) electrons. The van der Waals surface area contributed by atoms with E-state index in [-0.39, 0.29) is 0 Å². The van der Waals surface area contributed by atoms with Crippen LogP contribution in [-0.2, 0) is 6.18 Å². The number of hydrogen-bond acceptors (Lipinski definition) is 3. The van der Waals surface area contributed by atoms with Gasteiger partial charge in [-0.3, -0.25) is 9.59 Å². The summed E-state index contributed by atoms with van der Waals surface area (Å²) < 4.78 is 43.4. The molecule has 144 valence electrons. The number of aryl methyl sites for hydroxylation is 1. The van der Waals surface area contributed by atoms with E-state index in [1.165, 1.54) is 0 Å². The summed E-state index contributed by atoms with van der Waals surface area (Å²) in [5.74, 6) is 0.370. The summed E-state index contributed by atoms with van der Waals surface area (Å²) in [5, 5.41) is 2.46. The average molecular weight is 388 g/mol. The van der Waals surface area contributed by atoms with Crippen LogP contribution < -0.4 is 15.6 Å². The highest BCUT2D eigenvalue weighted by Gasteiger charge is 2.32. The third kappa shape index (κ3) is 4.59. The predicted octanol–water partition coefficient (Wildman–Crippen LogP) is 4.75. The van der Waals surface area contributed by atoms with Crippen LogP contribution in [0.5, 0.6) is 11.5 Å². The molecular weight excluding hydrogens is 373 g/mol. The lowest BCUT2D eigenvalue weighted by Crippen LogP contribution is -2.25. The largest absolute Gasteiger partial charge is 0.457 e. The highest BCUT2D eigenvalue weighted by molar-refractivity contribution is 6.04. The molecule has 1 aromatic heterocycles. The van der Waals surface area contributed by atoms with Crippen molar-refractivity contribution < 1.29 is 22.7 Å². The van der Waals surface area contributed by atoms with Gasteiger partial charge in [-0.1, -0.05) is 17.7 Å². The first-order valence-corrected chi connectivity index (χ1v) is 8.19. The van der Waals surface area contributed by atoms with E-state index >= 15 is 0 Å². The molecule has 0 saturated heterocycles. The standard InChI is InChI=1S/C20H15F3N2O3/c1-12-2-6-14(7-3-12)28-15-8-4-13(5-9-15)24-18(26)16-10-11-17(20(21,22)23)25-19(16)27/h2-11H,1H3,(H,24,26)(H,25,27). The van der Waals surface area contributed by atoms with E-state index < -0.39 is 28.9 Å². The van der Waals surface area contributed by atoms with Crippen molar-refractivity contribution in [2.45, 2.75) is 13.1 Å². The monoisotopic (exact) mass is 388 g/mol. The minimum atomic E-state index is -4.69. The summed E-state index contributed by atoms with van der Waals surface area (Å²) >= 11 is 0. The lowest BCUT2D eigenvalue weighted by molar-refractivity contribution is -0.141. The normalized spacial score (nSPS) is 11.1. The van der Waals surface area contributed by atoms with Crippen LogP contribution in [-0.4, -0.2) is 10.9 Å². The summed E-state index contributed by atoms with van der Waals surface area (Å²) in [6.07, 6.45) is -4.69. The molecule has 1 heterocycles. The van der Waals surface area contributed by atoms with E-state index in [4.69, 9.17) is 4.74 Å². The number of halogens is 3. The number of carbonyl (C=O) groups is 1. The quantitative estimate of drug-likeness (QED) is 0.678. The number of ether oxygens (including phenoxy) is 1. The van der Waals surface area contributed by atoms with Gasteiger partial charge in [-0.25, -0.2) is 0 Å². The lowest BCUT2D eigenvalue weighted by atomic mass is 10.2. The average Bonchev–Trinajstić information content (AvgIpc) is 2.64. The second kappa shape index (κ2) is 7.59. The third-order valence-electron chi connectivity index (χ3n) is 3.83. The number of aromatic nitrogens is 1. The molecule has 2 aromatic carbocycles. The maximum Gasteiger partial charge on any atom is 0.431 e. The molecule has 0 spiro atoms. The highest BCUT2D eigenvalue weighted by atomic mass is 19.4. The first-order valence-electron chi connectivity index (χ1n) is 8.19. The predicted molar refractivity (Wildman–Crippen MR) is 97.7 cm³/mol. The Morgan fingerprint density at radius 3 is 2.04 bits per heavy atom. The Morgan fingerprint density at radius 1 is 0.929 bits per heavy atom.